The van der Waals surface area contributed by atoms with Crippen LogP contribution >= 0.6 is 11.3 Å². The molecule has 0 fully saturated rings. The molecule has 7 nitrogen and oxygen atoms in total. The van der Waals surface area contributed by atoms with Gasteiger partial charge in [-0.15, -0.1) is 11.3 Å². The number of nitrogens with one attached hydrogen (secondary N) is 1. The van der Waals surface area contributed by atoms with E-state index in [0.29, 0.717) is 28.4 Å². The monoisotopic (exact) mass is 409 g/mol. The van der Waals surface area contributed by atoms with E-state index in [9.17, 15) is 9.59 Å². The fourth-order valence-electron chi connectivity index (χ4n) is 3.86. The van der Waals surface area contributed by atoms with E-state index < -0.39 is 5.97 Å². The molecule has 0 spiro atoms. The lowest BCUT2D eigenvalue weighted by molar-refractivity contribution is -0.144. The Labute approximate surface area is 169 Å². The predicted molar refractivity (Wildman–Crippen MR) is 109 cm³/mol. The number of aromatic nitrogens is 3. The van der Waals surface area contributed by atoms with Gasteiger partial charge in [0.2, 0.25) is 0 Å². The summed E-state index contributed by atoms with van der Waals surface area (Å²) in [6.45, 7) is 2.15. The number of rotatable bonds is 4. The minimum Gasteiger partial charge on any atom is -0.457 e. The van der Waals surface area contributed by atoms with Gasteiger partial charge in [-0.1, -0.05) is 24.2 Å². The molecule has 1 aliphatic carbocycles. The molecule has 4 aromatic rings. The lowest BCUT2D eigenvalue weighted by Gasteiger charge is -2.17. The Kier molecular flexibility index (Phi) is 4.43. The number of thiophene rings is 1. The molecular formula is C21H19N3O4S. The van der Waals surface area contributed by atoms with Crippen molar-refractivity contribution in [2.45, 2.75) is 39.2 Å². The number of fused-ring (bicyclic) bond motifs is 4. The van der Waals surface area contributed by atoms with Crippen molar-refractivity contribution in [3.63, 3.8) is 0 Å². The Hall–Kier alpha value is -3.00. The highest BCUT2D eigenvalue weighted by atomic mass is 32.1. The number of aromatic amines is 1. The maximum Gasteiger partial charge on any atom is 0.312 e. The van der Waals surface area contributed by atoms with E-state index in [0.717, 1.165) is 35.0 Å². The zero-order valence-corrected chi connectivity index (χ0v) is 16.7. The Balaban J connectivity index is 1.33. The van der Waals surface area contributed by atoms with Crippen LogP contribution in [0.1, 0.15) is 35.3 Å². The summed E-state index contributed by atoms with van der Waals surface area (Å²) in [5.74, 6) is 0.529. The largest absolute Gasteiger partial charge is 0.457 e. The van der Waals surface area contributed by atoms with Gasteiger partial charge >= 0.3 is 5.97 Å². The SMILES string of the molecule is C[C@@H]1CCc2c(sc3nc(COC(=O)Cc4noc5ccccc45)[nH]c(=O)c23)C1. The van der Waals surface area contributed by atoms with Crippen LogP contribution in [0.3, 0.4) is 0 Å². The topological polar surface area (TPSA) is 98.1 Å². The Morgan fingerprint density at radius 2 is 2.24 bits per heavy atom. The lowest BCUT2D eigenvalue weighted by atomic mass is 9.89. The zero-order valence-electron chi connectivity index (χ0n) is 15.9. The van der Waals surface area contributed by atoms with Gasteiger partial charge in [-0.2, -0.15) is 0 Å². The summed E-state index contributed by atoms with van der Waals surface area (Å²) in [5, 5.41) is 5.42. The first-order valence-corrected chi connectivity index (χ1v) is 10.4. The van der Waals surface area contributed by atoms with Crippen molar-refractivity contribution >= 4 is 38.5 Å². The van der Waals surface area contributed by atoms with Crippen molar-refractivity contribution in [2.24, 2.45) is 5.92 Å². The highest BCUT2D eigenvalue weighted by molar-refractivity contribution is 7.18. The number of carbonyl (C=O) groups is 1. The van der Waals surface area contributed by atoms with Crippen LogP contribution in [0.5, 0.6) is 0 Å². The van der Waals surface area contributed by atoms with Gasteiger partial charge in [0, 0.05) is 10.3 Å². The van der Waals surface area contributed by atoms with E-state index in [1.807, 2.05) is 18.2 Å². The van der Waals surface area contributed by atoms with E-state index >= 15 is 0 Å². The van der Waals surface area contributed by atoms with E-state index in [1.165, 1.54) is 4.88 Å². The Morgan fingerprint density at radius 1 is 1.38 bits per heavy atom. The number of para-hydroxylation sites is 1. The molecule has 0 saturated carbocycles. The number of aryl methyl sites for hydroxylation is 1. The van der Waals surface area contributed by atoms with Gasteiger partial charge in [0.05, 0.1) is 11.8 Å². The van der Waals surface area contributed by atoms with Gasteiger partial charge in [0.1, 0.15) is 23.0 Å². The van der Waals surface area contributed by atoms with Crippen molar-refractivity contribution < 1.29 is 14.1 Å². The normalized spacial score (nSPS) is 16.2. The van der Waals surface area contributed by atoms with Crippen molar-refractivity contribution in [3.05, 3.63) is 56.6 Å². The highest BCUT2D eigenvalue weighted by Gasteiger charge is 2.23. The first-order chi connectivity index (χ1) is 14.1. The number of carbonyl (C=O) groups excluding carboxylic acids is 1. The molecule has 1 N–H and O–H groups in total. The summed E-state index contributed by atoms with van der Waals surface area (Å²) in [5.41, 5.74) is 2.14. The van der Waals surface area contributed by atoms with Gasteiger partial charge in [-0.25, -0.2) is 4.98 Å². The van der Waals surface area contributed by atoms with Crippen molar-refractivity contribution in [3.8, 4) is 0 Å². The average Bonchev–Trinajstić information content (AvgIpc) is 3.27. The lowest BCUT2D eigenvalue weighted by Crippen LogP contribution is -2.16. The van der Waals surface area contributed by atoms with Crippen LogP contribution in [0, 0.1) is 5.92 Å². The second kappa shape index (κ2) is 7.11. The number of nitrogens with zero attached hydrogens (tertiary/aromatic N) is 2. The minimum absolute atomic E-state index is 0.00528. The van der Waals surface area contributed by atoms with Crippen molar-refractivity contribution in [1.29, 1.82) is 0 Å². The third-order valence-corrected chi connectivity index (χ3v) is 6.50. The highest BCUT2D eigenvalue weighted by Crippen LogP contribution is 2.35. The standard InChI is InChI=1S/C21H19N3O4S/c1-11-6-7-13-16(8-11)29-21-19(13)20(26)22-17(23-21)10-27-18(25)9-14-12-4-2-3-5-15(12)28-24-14/h2-5,11H,6-10H2,1H3,(H,22,23,26)/t11-/m1/s1. The molecule has 0 unspecified atom stereocenters. The predicted octanol–water partition coefficient (Wildman–Crippen LogP) is 3.54. The molecule has 0 bridgehead atoms. The number of esters is 1. The first-order valence-electron chi connectivity index (χ1n) is 9.61. The van der Waals surface area contributed by atoms with Crippen LogP contribution in [0.2, 0.25) is 0 Å². The molecule has 148 valence electrons. The summed E-state index contributed by atoms with van der Waals surface area (Å²) in [7, 11) is 0. The Bertz CT molecular complexity index is 1290. The van der Waals surface area contributed by atoms with Gasteiger partial charge < -0.3 is 14.2 Å². The third kappa shape index (κ3) is 3.33. The molecule has 0 saturated heterocycles. The molecule has 0 amide bonds. The first kappa shape index (κ1) is 18.1. The molecule has 1 aliphatic rings. The van der Waals surface area contributed by atoms with Crippen LogP contribution in [0.4, 0.5) is 0 Å². The maximum absolute atomic E-state index is 12.6. The van der Waals surface area contributed by atoms with Crippen molar-refractivity contribution in [1.82, 2.24) is 15.1 Å². The van der Waals surface area contributed by atoms with Gasteiger partial charge in [0.15, 0.2) is 5.58 Å². The minimum atomic E-state index is -0.453. The number of ether oxygens (including phenoxy) is 1. The van der Waals surface area contributed by atoms with Gasteiger partial charge in [-0.3, -0.25) is 9.59 Å². The average molecular weight is 409 g/mol. The molecule has 1 atom stereocenters. The second-order valence-electron chi connectivity index (χ2n) is 7.51. The quantitative estimate of drug-likeness (QED) is 0.518. The van der Waals surface area contributed by atoms with E-state index in [-0.39, 0.29) is 18.6 Å². The maximum atomic E-state index is 12.6. The summed E-state index contributed by atoms with van der Waals surface area (Å²) < 4.78 is 10.5. The molecule has 0 radical (unpaired) electrons. The summed E-state index contributed by atoms with van der Waals surface area (Å²) >= 11 is 1.58. The third-order valence-electron chi connectivity index (χ3n) is 5.35. The van der Waals surface area contributed by atoms with Crippen molar-refractivity contribution in [2.75, 3.05) is 0 Å². The Morgan fingerprint density at radius 3 is 3.14 bits per heavy atom. The molecule has 1 aromatic carbocycles. The zero-order chi connectivity index (χ0) is 20.0. The number of benzene rings is 1. The summed E-state index contributed by atoms with van der Waals surface area (Å²) in [6.07, 6.45) is 3.00. The van der Waals surface area contributed by atoms with Crippen LogP contribution < -0.4 is 5.56 Å². The number of H-pyrrole nitrogens is 1. The van der Waals surface area contributed by atoms with Gasteiger partial charge in [-0.05, 0) is 42.9 Å². The smallest absolute Gasteiger partial charge is 0.312 e. The van der Waals surface area contributed by atoms with E-state index in [2.05, 4.69) is 22.0 Å². The van der Waals surface area contributed by atoms with Crippen LogP contribution in [0.25, 0.3) is 21.2 Å². The van der Waals surface area contributed by atoms with E-state index in [4.69, 9.17) is 9.26 Å². The van der Waals surface area contributed by atoms with Crippen LogP contribution in [-0.4, -0.2) is 21.1 Å². The second-order valence-corrected chi connectivity index (χ2v) is 8.59. The van der Waals surface area contributed by atoms with Crippen LogP contribution in [0.15, 0.2) is 33.6 Å². The van der Waals surface area contributed by atoms with Gasteiger partial charge in [0.25, 0.3) is 5.56 Å². The molecular weight excluding hydrogens is 390 g/mol. The number of hydrogen-bond acceptors (Lipinski definition) is 7. The fourth-order valence-corrected chi connectivity index (χ4v) is 5.27. The molecule has 3 heterocycles. The molecule has 3 aromatic heterocycles. The molecule has 8 heteroatoms. The van der Waals surface area contributed by atoms with Crippen LogP contribution in [-0.2, 0) is 35.4 Å². The van der Waals surface area contributed by atoms with E-state index in [1.54, 1.807) is 17.4 Å². The fraction of sp³-hybridized carbons (Fsp3) is 0.333. The molecule has 29 heavy (non-hydrogen) atoms. The summed E-state index contributed by atoms with van der Waals surface area (Å²) in [6, 6.07) is 7.35. The number of hydrogen-bond donors (Lipinski definition) is 1. The molecule has 0 aliphatic heterocycles. The summed E-state index contributed by atoms with van der Waals surface area (Å²) in [4.78, 5) is 34.1. The molecule has 5 rings (SSSR count).